The van der Waals surface area contributed by atoms with Crippen LogP contribution in [0.3, 0.4) is 0 Å². The van der Waals surface area contributed by atoms with Crippen LogP contribution >= 0.6 is 0 Å². The number of aliphatic hydroxyl groups is 4. The average Bonchev–Trinajstić information content (AvgIpc) is 2.22. The second kappa shape index (κ2) is 5.63. The van der Waals surface area contributed by atoms with Crippen LogP contribution in [0.15, 0.2) is 0 Å². The maximum atomic E-state index is 10.8. The molecule has 0 aliphatic carbocycles. The second-order valence-electron chi connectivity index (χ2n) is 3.05. The van der Waals surface area contributed by atoms with E-state index in [9.17, 15) is 18.3 Å². The van der Waals surface area contributed by atoms with Crippen LogP contribution in [0.4, 0.5) is 0 Å². The van der Waals surface area contributed by atoms with Crippen molar-refractivity contribution in [2.45, 2.75) is 24.4 Å². The summed E-state index contributed by atoms with van der Waals surface area (Å²) in [5.74, 6) is 0. The zero-order valence-corrected chi connectivity index (χ0v) is 8.78. The van der Waals surface area contributed by atoms with E-state index in [1.165, 1.54) is 0 Å². The van der Waals surface area contributed by atoms with Gasteiger partial charge in [-0.25, -0.2) is 0 Å². The van der Waals surface area contributed by atoms with Gasteiger partial charge in [-0.2, -0.15) is 8.42 Å². The Morgan fingerprint density at radius 3 is 1.94 bits per heavy atom. The normalized spacial score (nSPS) is 19.9. The number of rotatable bonds is 5. The molecular formula is C6H13NO8S. The van der Waals surface area contributed by atoms with Crippen molar-refractivity contribution < 1.29 is 38.2 Å². The van der Waals surface area contributed by atoms with Crippen molar-refractivity contribution >= 4 is 15.2 Å². The average molecular weight is 259 g/mol. The highest BCUT2D eigenvalue weighted by Gasteiger charge is 2.37. The summed E-state index contributed by atoms with van der Waals surface area (Å²) in [7, 11) is -5.09. The molecule has 0 spiro atoms. The van der Waals surface area contributed by atoms with Crippen LogP contribution in [0.2, 0.25) is 0 Å². The van der Waals surface area contributed by atoms with Crippen molar-refractivity contribution in [3.8, 4) is 0 Å². The fourth-order valence-corrected chi connectivity index (χ4v) is 1.34. The lowest BCUT2D eigenvalue weighted by atomic mass is 10.0. The molecule has 16 heavy (non-hydrogen) atoms. The van der Waals surface area contributed by atoms with E-state index in [1.807, 2.05) is 0 Å². The third-order valence-corrected chi connectivity index (χ3v) is 2.61. The van der Waals surface area contributed by atoms with Crippen molar-refractivity contribution in [1.82, 2.24) is 0 Å². The molecule has 0 amide bonds. The number of carbonyl (C=O) groups excluding carboxylic acids is 1. The second-order valence-corrected chi connectivity index (χ2v) is 4.40. The Kier molecular flexibility index (Phi) is 5.41. The van der Waals surface area contributed by atoms with E-state index in [4.69, 9.17) is 25.6 Å². The van der Waals surface area contributed by atoms with E-state index in [2.05, 4.69) is 0 Å². The highest BCUT2D eigenvalue weighted by Crippen LogP contribution is 2.06. The summed E-state index contributed by atoms with van der Waals surface area (Å²) in [5, 5.41) is 33.7. The molecule has 10 heteroatoms. The van der Waals surface area contributed by atoms with Gasteiger partial charge in [-0.15, -0.1) is 0 Å². The Balaban J connectivity index is 4.75. The minimum Gasteiger partial charge on any atom is -0.394 e. The van der Waals surface area contributed by atoms with Crippen LogP contribution in [0.1, 0.15) is 0 Å². The van der Waals surface area contributed by atoms with Crippen LogP contribution in [-0.2, 0) is 14.9 Å². The van der Waals surface area contributed by atoms with E-state index < -0.39 is 46.2 Å². The van der Waals surface area contributed by atoms with Crippen molar-refractivity contribution in [2.24, 2.45) is 5.73 Å². The van der Waals surface area contributed by atoms with Crippen molar-refractivity contribution in [2.75, 3.05) is 6.61 Å². The van der Waals surface area contributed by atoms with Gasteiger partial charge < -0.3 is 26.2 Å². The monoisotopic (exact) mass is 259 g/mol. The summed E-state index contributed by atoms with van der Waals surface area (Å²) >= 11 is 0. The summed E-state index contributed by atoms with van der Waals surface area (Å²) in [6.07, 6.45) is -5.96. The Morgan fingerprint density at radius 2 is 1.62 bits per heavy atom. The topological polar surface area (TPSA) is 178 Å². The molecule has 0 saturated heterocycles. The van der Waals surface area contributed by atoms with Gasteiger partial charge in [0.2, 0.25) is 0 Å². The molecule has 96 valence electrons. The van der Waals surface area contributed by atoms with Gasteiger partial charge in [-0.3, -0.25) is 9.35 Å². The van der Waals surface area contributed by atoms with Gasteiger partial charge in [0.05, 0.1) is 6.61 Å². The van der Waals surface area contributed by atoms with Crippen LogP contribution in [0.25, 0.3) is 0 Å². The molecule has 4 atom stereocenters. The first-order valence-electron chi connectivity index (χ1n) is 4.05. The van der Waals surface area contributed by atoms with Gasteiger partial charge in [0.25, 0.3) is 5.12 Å². The van der Waals surface area contributed by atoms with Crippen LogP contribution in [-0.4, -0.2) is 69.5 Å². The molecule has 7 N–H and O–H groups in total. The predicted octanol–water partition coefficient (Wildman–Crippen LogP) is -4.20. The number of hydrogen-bond donors (Lipinski definition) is 6. The number of nitrogens with two attached hydrogens (primary N) is 1. The third kappa shape index (κ3) is 3.75. The molecule has 0 aromatic heterocycles. The molecule has 0 bridgehead atoms. The van der Waals surface area contributed by atoms with E-state index in [0.29, 0.717) is 0 Å². The van der Waals surface area contributed by atoms with Gasteiger partial charge in [0.15, 0.2) is 0 Å². The van der Waals surface area contributed by atoms with E-state index in [0.717, 1.165) is 0 Å². The summed E-state index contributed by atoms with van der Waals surface area (Å²) in [4.78, 5) is 10.8. The molecular weight excluding hydrogens is 246 g/mol. The fourth-order valence-electron chi connectivity index (χ4n) is 0.859. The van der Waals surface area contributed by atoms with Gasteiger partial charge in [-0.1, -0.05) is 0 Å². The van der Waals surface area contributed by atoms with Crippen LogP contribution in [0, 0.1) is 0 Å². The molecule has 0 radical (unpaired) electrons. The molecule has 0 rings (SSSR count). The third-order valence-electron chi connectivity index (χ3n) is 1.83. The Labute approximate surface area is 90.9 Å². The Morgan fingerprint density at radius 1 is 1.19 bits per heavy atom. The molecule has 0 aliphatic rings. The molecule has 0 aromatic carbocycles. The highest BCUT2D eigenvalue weighted by atomic mass is 32.2. The minimum absolute atomic E-state index is 0.926. The van der Waals surface area contributed by atoms with Gasteiger partial charge >= 0.3 is 10.1 Å². The SMILES string of the molecule is N[C@@H](C(=O)S(=O)(=O)O)[C@@H](O)[C@H](O)C(O)CO. The molecule has 0 aromatic rings. The quantitative estimate of drug-likeness (QED) is 0.267. The summed E-state index contributed by atoms with van der Waals surface area (Å²) in [5.41, 5.74) is 4.95. The first-order chi connectivity index (χ1) is 7.12. The molecule has 0 saturated carbocycles. The van der Waals surface area contributed by atoms with Crippen molar-refractivity contribution in [1.29, 1.82) is 0 Å². The summed E-state index contributed by atoms with van der Waals surface area (Å²) in [6, 6.07) is -2.13. The van der Waals surface area contributed by atoms with Gasteiger partial charge in [-0.05, 0) is 0 Å². The fraction of sp³-hybridized carbons (Fsp3) is 0.833. The molecule has 0 fully saturated rings. The number of carbonyl (C=O) groups is 1. The molecule has 1 unspecified atom stereocenters. The summed E-state index contributed by atoms with van der Waals surface area (Å²) in [6.45, 7) is -0.926. The number of aliphatic hydroxyl groups excluding tert-OH is 4. The van der Waals surface area contributed by atoms with E-state index in [1.54, 1.807) is 0 Å². The number of hydrogen-bond acceptors (Lipinski definition) is 8. The molecule has 0 aliphatic heterocycles. The first kappa shape index (κ1) is 15.4. The Bertz CT molecular complexity index is 340. The zero-order valence-electron chi connectivity index (χ0n) is 7.96. The van der Waals surface area contributed by atoms with Crippen molar-refractivity contribution in [3.05, 3.63) is 0 Å². The largest absolute Gasteiger partial charge is 0.394 e. The lowest BCUT2D eigenvalue weighted by Gasteiger charge is -2.24. The maximum Gasteiger partial charge on any atom is 0.330 e. The Hall–Kier alpha value is -0.620. The van der Waals surface area contributed by atoms with Crippen LogP contribution < -0.4 is 5.73 Å². The maximum absolute atomic E-state index is 10.8. The lowest BCUT2D eigenvalue weighted by Crippen LogP contribution is -2.54. The van der Waals surface area contributed by atoms with E-state index in [-0.39, 0.29) is 0 Å². The first-order valence-corrected chi connectivity index (χ1v) is 5.49. The zero-order chi connectivity index (χ0) is 13.1. The molecule has 0 heterocycles. The lowest BCUT2D eigenvalue weighted by molar-refractivity contribution is -0.122. The van der Waals surface area contributed by atoms with Gasteiger partial charge in [0, 0.05) is 0 Å². The molecule has 9 nitrogen and oxygen atoms in total. The van der Waals surface area contributed by atoms with Crippen LogP contribution in [0.5, 0.6) is 0 Å². The predicted molar refractivity (Wildman–Crippen MR) is 49.6 cm³/mol. The van der Waals surface area contributed by atoms with Gasteiger partial charge in [0.1, 0.15) is 24.4 Å². The smallest absolute Gasteiger partial charge is 0.330 e. The van der Waals surface area contributed by atoms with Crippen molar-refractivity contribution in [3.63, 3.8) is 0 Å². The minimum atomic E-state index is -5.09. The standard InChI is InChI=1S/C6H13NO8S/c7-3(6(12)16(13,14)15)5(11)4(10)2(9)1-8/h2-5,8-11H,1,7H2,(H,13,14,15)/t2?,3-,4-,5-/m1/s1. The highest BCUT2D eigenvalue weighted by molar-refractivity contribution is 8.01. The van der Waals surface area contributed by atoms with E-state index >= 15 is 0 Å². The summed E-state index contributed by atoms with van der Waals surface area (Å²) < 4.78 is 29.0.